The highest BCUT2D eigenvalue weighted by Crippen LogP contribution is 2.05. The Morgan fingerprint density at radius 1 is 1.39 bits per heavy atom. The number of ether oxygens (including phenoxy) is 1. The van der Waals surface area contributed by atoms with E-state index in [1.165, 1.54) is 25.9 Å². The quantitative estimate of drug-likeness (QED) is 0.554. The van der Waals surface area contributed by atoms with Gasteiger partial charge in [0.05, 0.1) is 0 Å². The summed E-state index contributed by atoms with van der Waals surface area (Å²) in [7, 11) is 3.85. The molecular formula is C14H26N2O2. The van der Waals surface area contributed by atoms with Gasteiger partial charge in [-0.15, -0.1) is 0 Å². The molecule has 1 fully saturated rings. The van der Waals surface area contributed by atoms with Crippen molar-refractivity contribution in [3.05, 3.63) is 24.9 Å². The van der Waals surface area contributed by atoms with E-state index < -0.39 is 0 Å². The van der Waals surface area contributed by atoms with Crippen LogP contribution in [0.5, 0.6) is 0 Å². The fourth-order valence-corrected chi connectivity index (χ4v) is 1.37. The van der Waals surface area contributed by atoms with Crippen LogP contribution in [0, 0.1) is 0 Å². The standard InChI is InChI=1S/C8H15NO2.C6H11N/c1-7(2)8(10)11-6-5-9(3)4;1-2-7-5-3-4-6-7/h1,5-6H2,2-4H3;2H,1,3-6H2. The zero-order valence-corrected chi connectivity index (χ0v) is 11.9. The maximum atomic E-state index is 10.8. The first-order chi connectivity index (χ1) is 8.47. The van der Waals surface area contributed by atoms with Crippen LogP contribution in [0.3, 0.4) is 0 Å². The maximum Gasteiger partial charge on any atom is 0.333 e. The zero-order chi connectivity index (χ0) is 14.0. The highest BCUT2D eigenvalue weighted by Gasteiger charge is 2.04. The molecule has 0 atom stereocenters. The largest absolute Gasteiger partial charge is 0.461 e. The van der Waals surface area contributed by atoms with E-state index in [4.69, 9.17) is 4.74 Å². The Morgan fingerprint density at radius 2 is 1.94 bits per heavy atom. The van der Waals surface area contributed by atoms with Gasteiger partial charge in [-0.2, -0.15) is 0 Å². The Morgan fingerprint density at radius 3 is 2.28 bits per heavy atom. The van der Waals surface area contributed by atoms with E-state index >= 15 is 0 Å². The van der Waals surface area contributed by atoms with E-state index in [1.807, 2.05) is 25.2 Å². The summed E-state index contributed by atoms with van der Waals surface area (Å²) in [5.74, 6) is -0.313. The second kappa shape index (κ2) is 9.71. The second-order valence-corrected chi connectivity index (χ2v) is 4.65. The number of carbonyl (C=O) groups excluding carboxylic acids is 1. The third-order valence-corrected chi connectivity index (χ3v) is 2.52. The third kappa shape index (κ3) is 8.82. The fourth-order valence-electron chi connectivity index (χ4n) is 1.37. The van der Waals surface area contributed by atoms with Crippen molar-refractivity contribution < 1.29 is 9.53 Å². The van der Waals surface area contributed by atoms with Crippen molar-refractivity contribution in [3.8, 4) is 0 Å². The first kappa shape index (κ1) is 16.7. The summed E-state index contributed by atoms with van der Waals surface area (Å²) in [5, 5.41) is 0. The van der Waals surface area contributed by atoms with Crippen molar-refractivity contribution in [2.24, 2.45) is 0 Å². The number of likely N-dealkylation sites (N-methyl/N-ethyl adjacent to an activating group) is 1. The molecule has 104 valence electrons. The molecule has 1 rings (SSSR count). The molecule has 0 amide bonds. The molecule has 0 aromatic rings. The SMILES string of the molecule is C=C(C)C(=O)OCCN(C)C.C=CN1CCCC1. The Balaban J connectivity index is 0.000000351. The van der Waals surface area contributed by atoms with Crippen molar-refractivity contribution >= 4 is 5.97 Å². The lowest BCUT2D eigenvalue weighted by atomic mass is 10.4. The number of carbonyl (C=O) groups is 1. The zero-order valence-electron chi connectivity index (χ0n) is 11.9. The van der Waals surface area contributed by atoms with Crippen molar-refractivity contribution in [2.75, 3.05) is 40.3 Å². The monoisotopic (exact) mass is 254 g/mol. The summed E-state index contributed by atoms with van der Waals surface area (Å²) in [6.45, 7) is 12.4. The molecule has 1 saturated heterocycles. The lowest BCUT2D eigenvalue weighted by Crippen LogP contribution is -2.20. The van der Waals surface area contributed by atoms with Crippen LogP contribution in [0.1, 0.15) is 19.8 Å². The molecule has 0 bridgehead atoms. The summed E-state index contributed by atoms with van der Waals surface area (Å²) in [4.78, 5) is 15.0. The van der Waals surface area contributed by atoms with E-state index in [0.717, 1.165) is 6.54 Å². The van der Waals surface area contributed by atoms with Crippen LogP contribution in [0.15, 0.2) is 24.9 Å². The number of rotatable bonds is 5. The van der Waals surface area contributed by atoms with Crippen LogP contribution >= 0.6 is 0 Å². The number of nitrogens with zero attached hydrogens (tertiary/aromatic N) is 2. The Bertz CT molecular complexity index is 269. The molecule has 18 heavy (non-hydrogen) atoms. The number of hydrogen-bond donors (Lipinski definition) is 0. The molecule has 1 aliphatic heterocycles. The molecule has 1 heterocycles. The van der Waals surface area contributed by atoms with E-state index in [1.54, 1.807) is 6.92 Å². The third-order valence-electron chi connectivity index (χ3n) is 2.52. The van der Waals surface area contributed by atoms with Gasteiger partial charge in [0, 0.05) is 25.2 Å². The molecule has 0 saturated carbocycles. The van der Waals surface area contributed by atoms with Crippen LogP contribution < -0.4 is 0 Å². The number of hydrogen-bond acceptors (Lipinski definition) is 4. The molecule has 0 aliphatic carbocycles. The van der Waals surface area contributed by atoms with Crippen LogP contribution in [0.2, 0.25) is 0 Å². The average Bonchev–Trinajstić information content (AvgIpc) is 2.81. The Labute approximate surface area is 111 Å². The summed E-state index contributed by atoms with van der Waals surface area (Å²) < 4.78 is 4.83. The predicted molar refractivity (Wildman–Crippen MR) is 75.3 cm³/mol. The van der Waals surface area contributed by atoms with Gasteiger partial charge in [-0.25, -0.2) is 4.79 Å². The van der Waals surface area contributed by atoms with Gasteiger partial charge in [0.1, 0.15) is 6.61 Å². The first-order valence-electron chi connectivity index (χ1n) is 6.31. The summed E-state index contributed by atoms with van der Waals surface area (Å²) >= 11 is 0. The lowest BCUT2D eigenvalue weighted by Gasteiger charge is -2.09. The smallest absolute Gasteiger partial charge is 0.333 e. The predicted octanol–water partition coefficient (Wildman–Crippen LogP) is 1.89. The van der Waals surface area contributed by atoms with Gasteiger partial charge < -0.3 is 14.5 Å². The van der Waals surface area contributed by atoms with Gasteiger partial charge in [-0.1, -0.05) is 13.2 Å². The number of likely N-dealkylation sites (tertiary alicyclic amines) is 1. The van der Waals surface area contributed by atoms with Gasteiger partial charge in [-0.05, 0) is 40.1 Å². The minimum absolute atomic E-state index is 0.313. The van der Waals surface area contributed by atoms with Crippen LogP contribution in [0.25, 0.3) is 0 Å². The summed E-state index contributed by atoms with van der Waals surface area (Å²) in [6.07, 6.45) is 4.63. The molecular weight excluding hydrogens is 228 g/mol. The van der Waals surface area contributed by atoms with Crippen molar-refractivity contribution in [2.45, 2.75) is 19.8 Å². The van der Waals surface area contributed by atoms with Gasteiger partial charge >= 0.3 is 5.97 Å². The average molecular weight is 254 g/mol. The van der Waals surface area contributed by atoms with Crippen molar-refractivity contribution in [1.29, 1.82) is 0 Å². The molecule has 0 aromatic heterocycles. The highest BCUT2D eigenvalue weighted by molar-refractivity contribution is 5.86. The molecule has 0 aromatic carbocycles. The second-order valence-electron chi connectivity index (χ2n) is 4.65. The van der Waals surface area contributed by atoms with Crippen molar-refractivity contribution in [3.63, 3.8) is 0 Å². The van der Waals surface area contributed by atoms with Crippen LogP contribution in [-0.2, 0) is 9.53 Å². The van der Waals surface area contributed by atoms with Gasteiger partial charge in [0.25, 0.3) is 0 Å². The molecule has 0 radical (unpaired) electrons. The Hall–Kier alpha value is -1.29. The normalized spacial score (nSPS) is 13.9. The minimum Gasteiger partial charge on any atom is -0.461 e. The summed E-state index contributed by atoms with van der Waals surface area (Å²) in [6, 6.07) is 0. The van der Waals surface area contributed by atoms with Crippen molar-refractivity contribution in [1.82, 2.24) is 9.80 Å². The van der Waals surface area contributed by atoms with E-state index in [2.05, 4.69) is 18.1 Å². The molecule has 4 heteroatoms. The van der Waals surface area contributed by atoms with Gasteiger partial charge in [0.15, 0.2) is 0 Å². The topological polar surface area (TPSA) is 32.8 Å². The molecule has 0 spiro atoms. The van der Waals surface area contributed by atoms with E-state index in [0.29, 0.717) is 12.2 Å². The molecule has 4 nitrogen and oxygen atoms in total. The first-order valence-corrected chi connectivity index (χ1v) is 6.31. The van der Waals surface area contributed by atoms with Crippen LogP contribution in [-0.4, -0.2) is 56.1 Å². The maximum absolute atomic E-state index is 10.8. The molecule has 0 N–H and O–H groups in total. The summed E-state index contributed by atoms with van der Waals surface area (Å²) in [5.41, 5.74) is 0.448. The fraction of sp³-hybridized carbons (Fsp3) is 0.643. The van der Waals surface area contributed by atoms with E-state index in [-0.39, 0.29) is 5.97 Å². The lowest BCUT2D eigenvalue weighted by molar-refractivity contribution is -0.139. The Kier molecular flexibility index (Phi) is 9.01. The minimum atomic E-state index is -0.313. The molecule has 1 aliphatic rings. The van der Waals surface area contributed by atoms with Gasteiger partial charge in [-0.3, -0.25) is 0 Å². The van der Waals surface area contributed by atoms with E-state index in [9.17, 15) is 4.79 Å². The number of esters is 1. The van der Waals surface area contributed by atoms with Gasteiger partial charge in [0.2, 0.25) is 0 Å². The highest BCUT2D eigenvalue weighted by atomic mass is 16.5. The van der Waals surface area contributed by atoms with Crippen LogP contribution in [0.4, 0.5) is 0 Å². The molecule has 0 unspecified atom stereocenters.